The summed E-state index contributed by atoms with van der Waals surface area (Å²) in [5, 5.41) is 0.283. The Bertz CT molecular complexity index is 1050. The van der Waals surface area contributed by atoms with E-state index in [-0.39, 0.29) is 40.9 Å². The molecule has 0 atom stereocenters. The number of furan rings is 1. The number of rotatable bonds is 2. The summed E-state index contributed by atoms with van der Waals surface area (Å²) >= 11 is 0. The summed E-state index contributed by atoms with van der Waals surface area (Å²) < 4.78 is 71.5. The molecular weight excluding hydrogens is 395 g/mol. The van der Waals surface area contributed by atoms with E-state index in [0.29, 0.717) is 0 Å². The van der Waals surface area contributed by atoms with Crippen molar-refractivity contribution in [2.45, 2.75) is 24.9 Å². The minimum Gasteiger partial charge on any atom is -0.464 e. The van der Waals surface area contributed by atoms with E-state index in [1.54, 1.807) is 0 Å². The minimum absolute atomic E-state index is 0.0559. The van der Waals surface area contributed by atoms with Gasteiger partial charge in [-0.3, -0.25) is 9.78 Å². The average molecular weight is 410 g/mol. The third-order valence-corrected chi connectivity index (χ3v) is 4.94. The molecular formula is C20H15F5N2O2. The van der Waals surface area contributed by atoms with E-state index in [1.807, 2.05) is 0 Å². The van der Waals surface area contributed by atoms with Crippen molar-refractivity contribution in [2.24, 2.45) is 0 Å². The van der Waals surface area contributed by atoms with Crippen LogP contribution in [0, 0.1) is 0 Å². The first-order valence-electron chi connectivity index (χ1n) is 8.86. The molecule has 0 aliphatic carbocycles. The molecule has 0 bridgehead atoms. The maximum Gasteiger partial charge on any atom is 0.420 e. The van der Waals surface area contributed by atoms with Crippen molar-refractivity contribution in [2.75, 3.05) is 13.1 Å². The third kappa shape index (κ3) is 3.81. The van der Waals surface area contributed by atoms with Gasteiger partial charge < -0.3 is 9.32 Å². The minimum atomic E-state index is -4.60. The van der Waals surface area contributed by atoms with E-state index in [9.17, 15) is 26.7 Å². The van der Waals surface area contributed by atoms with Crippen molar-refractivity contribution in [1.82, 2.24) is 9.88 Å². The van der Waals surface area contributed by atoms with E-state index in [4.69, 9.17) is 4.42 Å². The van der Waals surface area contributed by atoms with Gasteiger partial charge in [-0.05, 0) is 30.3 Å². The number of hydrogen-bond acceptors (Lipinski definition) is 3. The molecule has 9 heteroatoms. The van der Waals surface area contributed by atoms with Crippen molar-refractivity contribution in [1.29, 1.82) is 0 Å². The number of amides is 1. The summed E-state index contributed by atoms with van der Waals surface area (Å²) in [5.74, 6) is -3.19. The fraction of sp³-hybridized carbons (Fsp3) is 0.300. The van der Waals surface area contributed by atoms with Crippen LogP contribution in [0.2, 0.25) is 0 Å². The van der Waals surface area contributed by atoms with Crippen molar-refractivity contribution in [3.8, 4) is 11.3 Å². The Morgan fingerprint density at radius 1 is 1.10 bits per heavy atom. The average Bonchev–Trinajstić information content (AvgIpc) is 3.14. The summed E-state index contributed by atoms with van der Waals surface area (Å²) in [6.07, 6.45) is -2.96. The fourth-order valence-electron chi connectivity index (χ4n) is 3.35. The van der Waals surface area contributed by atoms with Gasteiger partial charge in [-0.1, -0.05) is 0 Å². The van der Waals surface area contributed by atoms with Gasteiger partial charge >= 0.3 is 6.18 Å². The predicted octanol–water partition coefficient (Wildman–Crippen LogP) is 5.38. The number of benzene rings is 1. The van der Waals surface area contributed by atoms with Gasteiger partial charge in [-0.2, -0.15) is 13.2 Å². The molecule has 1 fully saturated rings. The summed E-state index contributed by atoms with van der Waals surface area (Å²) in [6.45, 7) is -0.112. The number of halogens is 5. The first-order valence-corrected chi connectivity index (χ1v) is 8.86. The molecule has 1 aliphatic rings. The number of carbonyl (C=O) groups excluding carboxylic acids is 1. The molecule has 4 nitrogen and oxygen atoms in total. The summed E-state index contributed by atoms with van der Waals surface area (Å²) in [6, 6.07) is 6.77. The van der Waals surface area contributed by atoms with Gasteiger partial charge in [0.15, 0.2) is 0 Å². The Balaban J connectivity index is 1.61. The highest BCUT2D eigenvalue weighted by Gasteiger charge is 2.36. The Morgan fingerprint density at radius 3 is 2.45 bits per heavy atom. The van der Waals surface area contributed by atoms with Crippen LogP contribution in [0.3, 0.4) is 0 Å². The molecule has 0 saturated carbocycles. The summed E-state index contributed by atoms with van der Waals surface area (Å²) in [7, 11) is 0. The molecule has 0 unspecified atom stereocenters. The highest BCUT2D eigenvalue weighted by molar-refractivity contribution is 5.94. The summed E-state index contributed by atoms with van der Waals surface area (Å²) in [5.41, 5.74) is -0.497. The maximum absolute atomic E-state index is 13.3. The molecule has 1 aromatic carbocycles. The molecule has 29 heavy (non-hydrogen) atoms. The summed E-state index contributed by atoms with van der Waals surface area (Å²) in [4.78, 5) is 17.9. The zero-order valence-corrected chi connectivity index (χ0v) is 15.0. The largest absolute Gasteiger partial charge is 0.464 e. The number of nitrogens with zero attached hydrogens (tertiary/aromatic N) is 2. The van der Waals surface area contributed by atoms with Gasteiger partial charge in [0.2, 0.25) is 0 Å². The number of likely N-dealkylation sites (tertiary alicyclic amines) is 1. The number of pyridine rings is 1. The standard InChI is InChI=1S/C20H15F5N2O2/c21-19(22)4-6-27(7-5-19)18(28)13-1-2-16(26-11-13)14-9-12-3-8-29-17(12)15(10-14)20(23,24)25/h1-3,8-11H,4-7H2. The highest BCUT2D eigenvalue weighted by Crippen LogP contribution is 2.38. The zero-order valence-electron chi connectivity index (χ0n) is 15.0. The number of piperidine rings is 1. The molecule has 1 saturated heterocycles. The fourth-order valence-corrected chi connectivity index (χ4v) is 3.35. The molecule has 2 aromatic heterocycles. The Hall–Kier alpha value is -2.97. The van der Waals surface area contributed by atoms with Crippen molar-refractivity contribution >= 4 is 16.9 Å². The number of carbonyl (C=O) groups is 1. The van der Waals surface area contributed by atoms with Crippen LogP contribution in [0.5, 0.6) is 0 Å². The SMILES string of the molecule is O=C(c1ccc(-c2cc(C(F)(F)F)c3occc3c2)nc1)N1CCC(F)(F)CC1. The van der Waals surface area contributed by atoms with Gasteiger partial charge in [0, 0.05) is 43.1 Å². The molecule has 0 spiro atoms. The third-order valence-electron chi connectivity index (χ3n) is 4.94. The molecule has 3 aromatic rings. The van der Waals surface area contributed by atoms with Crippen LogP contribution in [0.15, 0.2) is 47.2 Å². The van der Waals surface area contributed by atoms with Gasteiger partial charge in [0.05, 0.1) is 23.1 Å². The van der Waals surface area contributed by atoms with Gasteiger partial charge in [0.25, 0.3) is 11.8 Å². The quantitative estimate of drug-likeness (QED) is 0.533. The predicted molar refractivity (Wildman–Crippen MR) is 94.5 cm³/mol. The Kier molecular flexibility index (Phi) is 4.55. The lowest BCUT2D eigenvalue weighted by atomic mass is 10.0. The lowest BCUT2D eigenvalue weighted by molar-refractivity contribution is -0.136. The molecule has 1 aliphatic heterocycles. The second kappa shape index (κ2) is 6.82. The lowest BCUT2D eigenvalue weighted by Crippen LogP contribution is -2.42. The highest BCUT2D eigenvalue weighted by atomic mass is 19.4. The van der Waals surface area contributed by atoms with Crippen LogP contribution >= 0.6 is 0 Å². The van der Waals surface area contributed by atoms with Crippen LogP contribution in [-0.2, 0) is 6.18 Å². The van der Waals surface area contributed by atoms with E-state index in [1.165, 1.54) is 41.6 Å². The van der Waals surface area contributed by atoms with Crippen LogP contribution < -0.4 is 0 Å². The normalized spacial score (nSPS) is 16.9. The van der Waals surface area contributed by atoms with E-state index < -0.39 is 36.4 Å². The Morgan fingerprint density at radius 2 is 1.83 bits per heavy atom. The van der Waals surface area contributed by atoms with Gasteiger partial charge in [0.1, 0.15) is 5.58 Å². The molecule has 4 rings (SSSR count). The van der Waals surface area contributed by atoms with Gasteiger partial charge in [-0.15, -0.1) is 0 Å². The maximum atomic E-state index is 13.3. The number of fused-ring (bicyclic) bond motifs is 1. The van der Waals surface area contributed by atoms with Crippen LogP contribution in [0.4, 0.5) is 22.0 Å². The van der Waals surface area contributed by atoms with E-state index >= 15 is 0 Å². The van der Waals surface area contributed by atoms with Gasteiger partial charge in [-0.25, -0.2) is 8.78 Å². The second-order valence-electron chi connectivity index (χ2n) is 6.94. The molecule has 0 radical (unpaired) electrons. The molecule has 0 N–H and O–H groups in total. The van der Waals surface area contributed by atoms with Crippen LogP contribution in [0.25, 0.3) is 22.2 Å². The van der Waals surface area contributed by atoms with E-state index in [0.717, 1.165) is 6.07 Å². The topological polar surface area (TPSA) is 46.3 Å². The van der Waals surface area contributed by atoms with E-state index in [2.05, 4.69) is 4.98 Å². The van der Waals surface area contributed by atoms with Crippen LogP contribution in [-0.4, -0.2) is 34.8 Å². The molecule has 3 heterocycles. The molecule has 152 valence electrons. The smallest absolute Gasteiger partial charge is 0.420 e. The zero-order chi connectivity index (χ0) is 20.8. The lowest BCUT2D eigenvalue weighted by Gasteiger charge is -2.31. The van der Waals surface area contributed by atoms with Crippen molar-refractivity contribution in [3.05, 3.63) is 53.9 Å². The monoisotopic (exact) mass is 410 g/mol. The first-order chi connectivity index (χ1) is 13.6. The molecule has 1 amide bonds. The number of alkyl halides is 5. The first kappa shape index (κ1) is 19.4. The Labute approximate surface area is 161 Å². The van der Waals surface area contributed by atoms with Crippen LogP contribution in [0.1, 0.15) is 28.8 Å². The second-order valence-corrected chi connectivity index (χ2v) is 6.94. The number of hydrogen-bond donors (Lipinski definition) is 0. The van der Waals surface area contributed by atoms with Crippen molar-refractivity contribution in [3.63, 3.8) is 0 Å². The van der Waals surface area contributed by atoms with Crippen molar-refractivity contribution < 1.29 is 31.2 Å². The number of aromatic nitrogens is 1.